The number of esters is 1. The lowest BCUT2D eigenvalue weighted by Gasteiger charge is -2.26. The molecule has 2 aliphatic heterocycles. The van der Waals surface area contributed by atoms with Crippen LogP contribution in [0.2, 0.25) is 5.15 Å². The third-order valence-corrected chi connectivity index (χ3v) is 5.96. The van der Waals surface area contributed by atoms with Gasteiger partial charge in [0.05, 0.1) is 12.0 Å². The molecule has 2 aromatic rings. The molecule has 0 bridgehead atoms. The maximum atomic E-state index is 13.3. The predicted molar refractivity (Wildman–Crippen MR) is 92.7 cm³/mol. The molecule has 0 aromatic carbocycles. The maximum absolute atomic E-state index is 13.3. The number of aromatic nitrogens is 2. The molecule has 1 amide bonds. The first-order valence-corrected chi connectivity index (χ1v) is 9.02. The third kappa shape index (κ3) is 2.11. The number of pyridine rings is 2. The highest BCUT2D eigenvalue weighted by atomic mass is 35.5. The molecule has 7 heteroatoms. The smallest absolute Gasteiger partial charge is 0.358 e. The molecule has 132 valence electrons. The summed E-state index contributed by atoms with van der Waals surface area (Å²) in [7, 11) is 0. The standard InChI is InChI=1S/C19H16ClN3O3/c20-14-4-3-12(10-22-14)18(5-6-18)17(25)23-9-7-19(11-23)13-2-1-8-21-15(13)16(24)26-19/h1-4,8,10H,5-7,9,11H2. The van der Waals surface area contributed by atoms with Gasteiger partial charge >= 0.3 is 5.97 Å². The van der Waals surface area contributed by atoms with E-state index in [1.807, 2.05) is 17.0 Å². The van der Waals surface area contributed by atoms with Gasteiger partial charge in [0.1, 0.15) is 5.15 Å². The molecule has 5 rings (SSSR count). The second-order valence-corrected chi connectivity index (χ2v) is 7.60. The summed E-state index contributed by atoms with van der Waals surface area (Å²) in [6, 6.07) is 7.27. The first-order chi connectivity index (χ1) is 12.5. The van der Waals surface area contributed by atoms with E-state index in [0.29, 0.717) is 30.4 Å². The van der Waals surface area contributed by atoms with E-state index >= 15 is 0 Å². The van der Waals surface area contributed by atoms with Gasteiger partial charge < -0.3 is 9.64 Å². The second-order valence-electron chi connectivity index (χ2n) is 7.21. The SMILES string of the molecule is O=C1OC2(CCN(C(=O)C3(c4ccc(Cl)nc4)CC3)C2)c2cccnc21. The Morgan fingerprint density at radius 1 is 1.19 bits per heavy atom. The lowest BCUT2D eigenvalue weighted by atomic mass is 9.93. The van der Waals surface area contributed by atoms with Crippen molar-refractivity contribution in [1.29, 1.82) is 0 Å². The third-order valence-electron chi connectivity index (χ3n) is 5.74. The molecule has 1 saturated heterocycles. The fourth-order valence-electron chi connectivity index (χ4n) is 4.19. The zero-order valence-corrected chi connectivity index (χ0v) is 14.7. The van der Waals surface area contributed by atoms with E-state index in [9.17, 15) is 9.59 Å². The number of amides is 1. The van der Waals surface area contributed by atoms with Crippen LogP contribution in [0.5, 0.6) is 0 Å². The molecule has 1 spiro atoms. The largest absolute Gasteiger partial charge is 0.447 e. The lowest BCUT2D eigenvalue weighted by Crippen LogP contribution is -2.40. The van der Waals surface area contributed by atoms with Gasteiger partial charge in [-0.15, -0.1) is 0 Å². The van der Waals surface area contributed by atoms with E-state index in [4.69, 9.17) is 16.3 Å². The molecule has 1 unspecified atom stereocenters. The Balaban J connectivity index is 1.43. The highest BCUT2D eigenvalue weighted by Crippen LogP contribution is 2.51. The van der Waals surface area contributed by atoms with E-state index < -0.39 is 17.0 Å². The summed E-state index contributed by atoms with van der Waals surface area (Å²) in [6.45, 7) is 0.933. The summed E-state index contributed by atoms with van der Waals surface area (Å²) in [5, 5.41) is 0.416. The van der Waals surface area contributed by atoms with Gasteiger partial charge in [0.2, 0.25) is 5.91 Å². The molecule has 3 aliphatic rings. The van der Waals surface area contributed by atoms with E-state index in [2.05, 4.69) is 9.97 Å². The molecule has 1 atom stereocenters. The summed E-state index contributed by atoms with van der Waals surface area (Å²) in [5.74, 6) is -0.329. The van der Waals surface area contributed by atoms with Crippen molar-refractivity contribution in [3.05, 3.63) is 58.6 Å². The van der Waals surface area contributed by atoms with Crippen LogP contribution < -0.4 is 0 Å². The van der Waals surface area contributed by atoms with E-state index in [1.54, 1.807) is 24.5 Å². The van der Waals surface area contributed by atoms with Crippen molar-refractivity contribution in [3.8, 4) is 0 Å². The van der Waals surface area contributed by atoms with Crippen molar-refractivity contribution < 1.29 is 14.3 Å². The first kappa shape index (κ1) is 15.8. The van der Waals surface area contributed by atoms with Crippen molar-refractivity contribution in [2.75, 3.05) is 13.1 Å². The Kier molecular flexibility index (Phi) is 3.19. The number of rotatable bonds is 2. The van der Waals surface area contributed by atoms with E-state index in [1.165, 1.54) is 0 Å². The van der Waals surface area contributed by atoms with Crippen LogP contribution >= 0.6 is 11.6 Å². The molecule has 0 N–H and O–H groups in total. The first-order valence-electron chi connectivity index (χ1n) is 8.64. The normalized spacial score (nSPS) is 25.3. The van der Waals surface area contributed by atoms with Crippen LogP contribution in [0.3, 0.4) is 0 Å². The molecule has 1 saturated carbocycles. The van der Waals surface area contributed by atoms with Gasteiger partial charge in [0, 0.05) is 30.9 Å². The van der Waals surface area contributed by atoms with Crippen LogP contribution in [-0.2, 0) is 20.5 Å². The molecular weight excluding hydrogens is 354 g/mol. The number of carbonyl (C=O) groups is 2. The minimum atomic E-state index is -0.759. The van der Waals surface area contributed by atoms with Crippen LogP contribution in [0.15, 0.2) is 36.7 Å². The van der Waals surface area contributed by atoms with Crippen LogP contribution in [-0.4, -0.2) is 39.8 Å². The predicted octanol–water partition coefficient (Wildman–Crippen LogP) is 2.46. The molecule has 2 aromatic heterocycles. The van der Waals surface area contributed by atoms with Gasteiger partial charge in [-0.05, 0) is 30.5 Å². The minimum absolute atomic E-state index is 0.0758. The van der Waals surface area contributed by atoms with Gasteiger partial charge in [-0.2, -0.15) is 0 Å². The topological polar surface area (TPSA) is 72.4 Å². The number of carbonyl (C=O) groups excluding carboxylic acids is 2. The maximum Gasteiger partial charge on any atom is 0.358 e. The van der Waals surface area contributed by atoms with E-state index in [-0.39, 0.29) is 5.91 Å². The van der Waals surface area contributed by atoms with Gasteiger partial charge in [0.15, 0.2) is 11.3 Å². The zero-order chi connectivity index (χ0) is 17.9. The molecule has 6 nitrogen and oxygen atoms in total. The minimum Gasteiger partial charge on any atom is -0.447 e. The molecule has 2 fully saturated rings. The van der Waals surface area contributed by atoms with Crippen molar-refractivity contribution in [1.82, 2.24) is 14.9 Å². The van der Waals surface area contributed by atoms with Crippen molar-refractivity contribution in [2.24, 2.45) is 0 Å². The van der Waals surface area contributed by atoms with Crippen LogP contribution in [0.4, 0.5) is 0 Å². The number of ether oxygens (including phenoxy) is 1. The number of nitrogens with zero attached hydrogens (tertiary/aromatic N) is 3. The van der Waals surface area contributed by atoms with Gasteiger partial charge in [-0.1, -0.05) is 23.7 Å². The average Bonchev–Trinajstić information content (AvgIpc) is 3.28. The molecule has 4 heterocycles. The fraction of sp³-hybridized carbons (Fsp3) is 0.368. The Labute approximate surface area is 155 Å². The van der Waals surface area contributed by atoms with Gasteiger partial charge in [-0.25, -0.2) is 14.8 Å². The van der Waals surface area contributed by atoms with Crippen LogP contribution in [0.25, 0.3) is 0 Å². The summed E-state index contributed by atoms with van der Waals surface area (Å²) in [5.41, 5.74) is 0.787. The monoisotopic (exact) mass is 369 g/mol. The highest BCUT2D eigenvalue weighted by molar-refractivity contribution is 6.29. The summed E-state index contributed by atoms with van der Waals surface area (Å²) < 4.78 is 5.69. The van der Waals surface area contributed by atoms with Gasteiger partial charge in [-0.3, -0.25) is 4.79 Å². The van der Waals surface area contributed by atoms with Crippen molar-refractivity contribution >= 4 is 23.5 Å². The summed E-state index contributed by atoms with van der Waals surface area (Å²) >= 11 is 5.87. The number of fused-ring (bicyclic) bond motifs is 2. The zero-order valence-electron chi connectivity index (χ0n) is 13.9. The Morgan fingerprint density at radius 3 is 2.77 bits per heavy atom. The molecule has 0 radical (unpaired) electrons. The summed E-state index contributed by atoms with van der Waals surface area (Å²) in [6.07, 6.45) is 5.48. The number of hydrogen-bond acceptors (Lipinski definition) is 5. The van der Waals surface area contributed by atoms with Gasteiger partial charge in [0.25, 0.3) is 0 Å². The number of halogens is 1. The summed E-state index contributed by atoms with van der Waals surface area (Å²) in [4.78, 5) is 35.5. The number of hydrogen-bond donors (Lipinski definition) is 0. The fourth-order valence-corrected chi connectivity index (χ4v) is 4.30. The quantitative estimate of drug-likeness (QED) is 0.600. The lowest BCUT2D eigenvalue weighted by molar-refractivity contribution is -0.134. The molecular formula is C19H16ClN3O3. The van der Waals surface area contributed by atoms with Crippen LogP contribution in [0, 0.1) is 0 Å². The number of likely N-dealkylation sites (tertiary alicyclic amines) is 1. The molecule has 26 heavy (non-hydrogen) atoms. The van der Waals surface area contributed by atoms with E-state index in [0.717, 1.165) is 24.0 Å². The van der Waals surface area contributed by atoms with Crippen LogP contribution in [0.1, 0.15) is 40.9 Å². The Hall–Kier alpha value is -2.47. The second kappa shape index (κ2) is 5.27. The molecule has 1 aliphatic carbocycles. The Bertz CT molecular complexity index is 926. The highest BCUT2D eigenvalue weighted by Gasteiger charge is 2.58. The van der Waals surface area contributed by atoms with Crippen molar-refractivity contribution in [3.63, 3.8) is 0 Å². The Morgan fingerprint density at radius 2 is 2.04 bits per heavy atom. The average molecular weight is 370 g/mol. The van der Waals surface area contributed by atoms with Crippen molar-refractivity contribution in [2.45, 2.75) is 30.3 Å².